The van der Waals surface area contributed by atoms with Gasteiger partial charge in [0.1, 0.15) is 0 Å². The molecule has 1 aliphatic rings. The highest BCUT2D eigenvalue weighted by Gasteiger charge is 2.56. The molecule has 0 amide bonds. The summed E-state index contributed by atoms with van der Waals surface area (Å²) in [6, 6.07) is 6.08. The number of aryl methyl sites for hydroxylation is 1. The van der Waals surface area contributed by atoms with Gasteiger partial charge in [-0.05, 0) is 29.5 Å². The van der Waals surface area contributed by atoms with Crippen LogP contribution in [0.15, 0.2) is 18.2 Å². The number of carbonyl (C=O) groups is 1. The Morgan fingerprint density at radius 1 is 1.41 bits per heavy atom. The lowest BCUT2D eigenvalue weighted by Gasteiger charge is -2.08. The Balaban J connectivity index is 2.30. The number of carbonyl (C=O) groups excluding carboxylic acids is 1. The zero-order valence-corrected chi connectivity index (χ0v) is 10.8. The van der Waals surface area contributed by atoms with E-state index >= 15 is 0 Å². The Morgan fingerprint density at radius 3 is 2.41 bits per heavy atom. The molecule has 3 nitrogen and oxygen atoms in total. The van der Waals surface area contributed by atoms with Crippen LogP contribution < -0.4 is 5.73 Å². The second-order valence-corrected chi connectivity index (χ2v) is 5.39. The summed E-state index contributed by atoms with van der Waals surface area (Å²) in [6.07, 6.45) is 0. The number of rotatable bonds is 2. The fraction of sp³-hybridized carbons (Fsp3) is 0.500. The molecule has 1 fully saturated rings. The fourth-order valence-corrected chi connectivity index (χ4v) is 2.53. The van der Waals surface area contributed by atoms with Crippen molar-refractivity contribution < 1.29 is 9.53 Å². The third-order valence-corrected chi connectivity index (χ3v) is 3.93. The lowest BCUT2D eigenvalue weighted by Crippen LogP contribution is -2.06. The van der Waals surface area contributed by atoms with Crippen molar-refractivity contribution in [1.82, 2.24) is 0 Å². The highest BCUT2D eigenvalue weighted by atomic mass is 16.5. The standard InChI is InChI=1S/C14H19NO2/c1-8-7-9(11-12(15)14(11,2)3)5-6-10(8)13(16)17-4/h5-7,11-12H,15H2,1-4H3. The van der Waals surface area contributed by atoms with Crippen LogP contribution in [-0.2, 0) is 4.74 Å². The summed E-state index contributed by atoms with van der Waals surface area (Å²) >= 11 is 0. The van der Waals surface area contributed by atoms with E-state index in [2.05, 4.69) is 13.8 Å². The Kier molecular flexibility index (Phi) is 2.74. The highest BCUT2D eigenvalue weighted by molar-refractivity contribution is 5.91. The van der Waals surface area contributed by atoms with Gasteiger partial charge >= 0.3 is 5.97 Å². The van der Waals surface area contributed by atoms with Crippen molar-refractivity contribution in [3.63, 3.8) is 0 Å². The van der Waals surface area contributed by atoms with Gasteiger partial charge in [0, 0.05) is 12.0 Å². The number of nitrogens with two attached hydrogens (primary N) is 1. The molecule has 1 aromatic carbocycles. The molecule has 0 aliphatic heterocycles. The van der Waals surface area contributed by atoms with Crippen LogP contribution in [0, 0.1) is 12.3 Å². The molecule has 0 bridgehead atoms. The SMILES string of the molecule is COC(=O)c1ccc(C2C(N)C2(C)C)cc1C. The van der Waals surface area contributed by atoms with E-state index in [0.717, 1.165) is 5.56 Å². The van der Waals surface area contributed by atoms with Gasteiger partial charge in [0.05, 0.1) is 12.7 Å². The number of ether oxygens (including phenoxy) is 1. The molecule has 1 aliphatic carbocycles. The van der Waals surface area contributed by atoms with Crippen LogP contribution in [0.3, 0.4) is 0 Å². The van der Waals surface area contributed by atoms with E-state index in [1.807, 2.05) is 25.1 Å². The predicted molar refractivity (Wildman–Crippen MR) is 67.0 cm³/mol. The minimum atomic E-state index is -0.284. The molecule has 17 heavy (non-hydrogen) atoms. The van der Waals surface area contributed by atoms with Crippen molar-refractivity contribution in [3.8, 4) is 0 Å². The highest BCUT2D eigenvalue weighted by Crippen LogP contribution is 2.57. The number of esters is 1. The van der Waals surface area contributed by atoms with E-state index in [1.54, 1.807) is 0 Å². The minimum Gasteiger partial charge on any atom is -0.465 e. The zero-order valence-electron chi connectivity index (χ0n) is 10.8. The third kappa shape index (κ3) is 1.84. The Hall–Kier alpha value is -1.35. The van der Waals surface area contributed by atoms with Crippen molar-refractivity contribution in [2.24, 2.45) is 11.1 Å². The molecule has 2 rings (SSSR count). The van der Waals surface area contributed by atoms with Crippen LogP contribution in [0.1, 0.15) is 41.3 Å². The third-order valence-electron chi connectivity index (χ3n) is 3.93. The first-order valence-corrected chi connectivity index (χ1v) is 5.84. The molecule has 0 spiro atoms. The summed E-state index contributed by atoms with van der Waals surface area (Å²) in [5.41, 5.74) is 9.02. The molecular formula is C14H19NO2. The second-order valence-electron chi connectivity index (χ2n) is 5.39. The molecule has 2 N–H and O–H groups in total. The summed E-state index contributed by atoms with van der Waals surface area (Å²) in [6.45, 7) is 6.27. The Morgan fingerprint density at radius 2 is 2.00 bits per heavy atom. The molecule has 3 heteroatoms. The van der Waals surface area contributed by atoms with Gasteiger partial charge in [0.15, 0.2) is 0 Å². The number of hydrogen-bond donors (Lipinski definition) is 1. The molecule has 0 radical (unpaired) electrons. The average molecular weight is 233 g/mol. The molecule has 1 saturated carbocycles. The lowest BCUT2D eigenvalue weighted by atomic mass is 9.98. The van der Waals surface area contributed by atoms with Crippen molar-refractivity contribution in [1.29, 1.82) is 0 Å². The van der Waals surface area contributed by atoms with E-state index in [0.29, 0.717) is 11.5 Å². The lowest BCUT2D eigenvalue weighted by molar-refractivity contribution is 0.0600. The molecule has 92 valence electrons. The van der Waals surface area contributed by atoms with Crippen molar-refractivity contribution in [2.75, 3.05) is 7.11 Å². The number of benzene rings is 1. The quantitative estimate of drug-likeness (QED) is 0.797. The van der Waals surface area contributed by atoms with Crippen LogP contribution in [0.25, 0.3) is 0 Å². The minimum absolute atomic E-state index is 0.166. The maximum atomic E-state index is 11.5. The monoisotopic (exact) mass is 233 g/mol. The van der Waals surface area contributed by atoms with Gasteiger partial charge in [-0.1, -0.05) is 26.0 Å². The first-order chi connectivity index (χ1) is 7.89. The van der Waals surface area contributed by atoms with Crippen LogP contribution in [0.2, 0.25) is 0 Å². The number of methoxy groups -OCH3 is 1. The van der Waals surface area contributed by atoms with Gasteiger partial charge in [-0.3, -0.25) is 0 Å². The van der Waals surface area contributed by atoms with Gasteiger partial charge in [0.2, 0.25) is 0 Å². The number of hydrogen-bond acceptors (Lipinski definition) is 3. The maximum Gasteiger partial charge on any atom is 0.338 e. The van der Waals surface area contributed by atoms with E-state index < -0.39 is 0 Å². The molecule has 1 aromatic rings. The van der Waals surface area contributed by atoms with E-state index in [1.165, 1.54) is 12.7 Å². The molecule has 2 atom stereocenters. The first kappa shape index (κ1) is 12.1. The second kappa shape index (κ2) is 3.84. The van der Waals surface area contributed by atoms with Gasteiger partial charge in [-0.25, -0.2) is 4.79 Å². The Bertz CT molecular complexity index is 465. The smallest absolute Gasteiger partial charge is 0.338 e. The summed E-state index contributed by atoms with van der Waals surface area (Å²) < 4.78 is 4.73. The topological polar surface area (TPSA) is 52.3 Å². The normalized spacial score (nSPS) is 25.5. The zero-order chi connectivity index (χ0) is 12.8. The van der Waals surface area contributed by atoms with E-state index in [-0.39, 0.29) is 17.4 Å². The van der Waals surface area contributed by atoms with E-state index in [4.69, 9.17) is 10.5 Å². The van der Waals surface area contributed by atoms with Gasteiger partial charge in [-0.15, -0.1) is 0 Å². The molecule has 0 aromatic heterocycles. The van der Waals surface area contributed by atoms with Gasteiger partial charge in [0.25, 0.3) is 0 Å². The largest absolute Gasteiger partial charge is 0.465 e. The van der Waals surface area contributed by atoms with Gasteiger partial charge in [-0.2, -0.15) is 0 Å². The molecule has 2 unspecified atom stereocenters. The predicted octanol–water partition coefficient (Wildman–Crippen LogP) is 2.23. The maximum absolute atomic E-state index is 11.5. The van der Waals surface area contributed by atoms with Crippen LogP contribution in [0.4, 0.5) is 0 Å². The molecule has 0 heterocycles. The molecular weight excluding hydrogens is 214 g/mol. The van der Waals surface area contributed by atoms with Gasteiger partial charge < -0.3 is 10.5 Å². The van der Waals surface area contributed by atoms with Crippen molar-refractivity contribution in [3.05, 3.63) is 34.9 Å². The summed E-state index contributed by atoms with van der Waals surface area (Å²) in [5.74, 6) is 0.112. The van der Waals surface area contributed by atoms with E-state index in [9.17, 15) is 4.79 Å². The summed E-state index contributed by atoms with van der Waals surface area (Å²) in [4.78, 5) is 11.5. The summed E-state index contributed by atoms with van der Waals surface area (Å²) in [5, 5.41) is 0. The summed E-state index contributed by atoms with van der Waals surface area (Å²) in [7, 11) is 1.40. The average Bonchev–Trinajstić information content (AvgIpc) is 2.77. The Labute approximate surface area is 102 Å². The molecule has 0 saturated heterocycles. The van der Waals surface area contributed by atoms with Crippen LogP contribution >= 0.6 is 0 Å². The van der Waals surface area contributed by atoms with Crippen molar-refractivity contribution >= 4 is 5.97 Å². The van der Waals surface area contributed by atoms with Crippen molar-refractivity contribution in [2.45, 2.75) is 32.7 Å². The van der Waals surface area contributed by atoms with Crippen LogP contribution in [-0.4, -0.2) is 19.1 Å². The van der Waals surface area contributed by atoms with Crippen LogP contribution in [0.5, 0.6) is 0 Å². The first-order valence-electron chi connectivity index (χ1n) is 5.84. The fourth-order valence-electron chi connectivity index (χ4n) is 2.53.